The third-order valence-corrected chi connectivity index (χ3v) is 4.13. The number of carbonyl (C=O) groups excluding carboxylic acids is 3. The number of carbonyl (C=O) groups is 3. The second-order valence-electron chi connectivity index (χ2n) is 6.73. The van der Waals surface area contributed by atoms with Crippen molar-refractivity contribution in [1.82, 2.24) is 15.5 Å². The van der Waals surface area contributed by atoms with Gasteiger partial charge in [0.05, 0.1) is 12.0 Å². The standard InChI is InChI=1S/C19H26N6O6.4C2H6/c1-11(2)9-24(10-26)19(28)13-7-8-14(25(29)30)15(12(13)3)22-23-16(17(27)20-4)18(21-5)31-6;4*1-2/h7-8,10-11,21H,9H2,1-6H3,(H,20,27);4*1-2H3/b18-16-,23-22?;;;;. The van der Waals surface area contributed by atoms with Gasteiger partial charge in [-0.15, -0.1) is 10.2 Å². The van der Waals surface area contributed by atoms with Crippen molar-refractivity contribution in [2.24, 2.45) is 16.1 Å². The van der Waals surface area contributed by atoms with Gasteiger partial charge < -0.3 is 15.4 Å². The fourth-order valence-electron chi connectivity index (χ4n) is 2.64. The van der Waals surface area contributed by atoms with Gasteiger partial charge >= 0.3 is 0 Å². The normalized spacial score (nSPS) is 9.92. The van der Waals surface area contributed by atoms with Crippen LogP contribution in [0.1, 0.15) is 85.2 Å². The van der Waals surface area contributed by atoms with Crippen molar-refractivity contribution in [2.75, 3.05) is 27.7 Å². The zero-order chi connectivity index (χ0) is 31.7. The first-order valence-electron chi connectivity index (χ1n) is 13.3. The quantitative estimate of drug-likeness (QED) is 0.0880. The molecule has 1 rings (SSSR count). The van der Waals surface area contributed by atoms with E-state index >= 15 is 0 Å². The minimum absolute atomic E-state index is 0.0142. The van der Waals surface area contributed by atoms with E-state index < -0.39 is 22.4 Å². The van der Waals surface area contributed by atoms with E-state index in [0.29, 0.717) is 6.41 Å². The minimum Gasteiger partial charge on any atom is -0.481 e. The highest BCUT2D eigenvalue weighted by Crippen LogP contribution is 2.34. The van der Waals surface area contributed by atoms with Crippen LogP contribution in [-0.2, 0) is 14.3 Å². The predicted octanol–water partition coefficient (Wildman–Crippen LogP) is 6.13. The Labute approximate surface area is 234 Å². The summed E-state index contributed by atoms with van der Waals surface area (Å²) in [6.45, 7) is 21.3. The van der Waals surface area contributed by atoms with Crippen LogP contribution in [0.25, 0.3) is 0 Å². The Morgan fingerprint density at radius 3 is 1.92 bits per heavy atom. The van der Waals surface area contributed by atoms with Crippen molar-refractivity contribution in [2.45, 2.75) is 76.2 Å². The van der Waals surface area contributed by atoms with Crippen LogP contribution in [0, 0.1) is 23.0 Å². The summed E-state index contributed by atoms with van der Waals surface area (Å²) in [5, 5.41) is 24.2. The fraction of sp³-hybridized carbons (Fsp3) is 0.593. The summed E-state index contributed by atoms with van der Waals surface area (Å²) in [5.41, 5.74) is -0.706. The van der Waals surface area contributed by atoms with Gasteiger partial charge in [0.15, 0.2) is 5.69 Å². The van der Waals surface area contributed by atoms with Crippen molar-refractivity contribution < 1.29 is 24.0 Å². The predicted molar refractivity (Wildman–Crippen MR) is 157 cm³/mol. The number of amides is 3. The monoisotopic (exact) mass is 554 g/mol. The Balaban J connectivity index is -0.000000697. The molecule has 0 saturated heterocycles. The van der Waals surface area contributed by atoms with Crippen LogP contribution in [-0.4, -0.2) is 55.8 Å². The third kappa shape index (κ3) is 14.0. The van der Waals surface area contributed by atoms with Gasteiger partial charge in [-0.05, 0) is 24.5 Å². The summed E-state index contributed by atoms with van der Waals surface area (Å²) in [6, 6.07) is 2.36. The highest BCUT2D eigenvalue weighted by Gasteiger charge is 2.25. The molecule has 0 unspecified atom stereocenters. The fourth-order valence-corrected chi connectivity index (χ4v) is 2.64. The molecular weight excluding hydrogens is 504 g/mol. The van der Waals surface area contributed by atoms with Crippen LogP contribution in [0.4, 0.5) is 11.4 Å². The summed E-state index contributed by atoms with van der Waals surface area (Å²) in [7, 11) is 4.17. The van der Waals surface area contributed by atoms with Crippen LogP contribution >= 0.6 is 0 Å². The highest BCUT2D eigenvalue weighted by molar-refractivity contribution is 6.02. The molecule has 0 aliphatic heterocycles. The first-order chi connectivity index (χ1) is 18.6. The Hall–Kier alpha value is -3.83. The second kappa shape index (κ2) is 25.8. The van der Waals surface area contributed by atoms with Crippen LogP contribution in [0.3, 0.4) is 0 Å². The van der Waals surface area contributed by atoms with Crippen LogP contribution in [0.2, 0.25) is 0 Å². The molecule has 1 aromatic rings. The smallest absolute Gasteiger partial charge is 0.297 e. The molecule has 0 radical (unpaired) electrons. The van der Waals surface area contributed by atoms with Crippen molar-refractivity contribution in [3.8, 4) is 0 Å². The highest BCUT2D eigenvalue weighted by atomic mass is 16.6. The molecule has 0 fully saturated rings. The summed E-state index contributed by atoms with van der Waals surface area (Å²) >= 11 is 0. The number of likely N-dealkylation sites (N-methyl/N-ethyl adjacent to an activating group) is 1. The van der Waals surface area contributed by atoms with Crippen molar-refractivity contribution in [3.05, 3.63) is 45.0 Å². The molecule has 0 aliphatic carbocycles. The van der Waals surface area contributed by atoms with Gasteiger partial charge in [0, 0.05) is 32.3 Å². The van der Waals surface area contributed by atoms with E-state index in [0.717, 1.165) is 11.0 Å². The van der Waals surface area contributed by atoms with E-state index in [-0.39, 0.29) is 40.9 Å². The number of rotatable bonds is 10. The first kappa shape index (κ1) is 42.3. The van der Waals surface area contributed by atoms with Gasteiger partial charge in [0.1, 0.15) is 0 Å². The van der Waals surface area contributed by atoms with E-state index in [1.165, 1.54) is 34.2 Å². The lowest BCUT2D eigenvalue weighted by molar-refractivity contribution is -0.384. The zero-order valence-corrected chi connectivity index (χ0v) is 26.3. The number of hydrogen-bond donors (Lipinski definition) is 2. The lowest BCUT2D eigenvalue weighted by atomic mass is 10.0. The lowest BCUT2D eigenvalue weighted by Gasteiger charge is -2.19. The van der Waals surface area contributed by atoms with Gasteiger partial charge in [-0.25, -0.2) is 0 Å². The molecule has 224 valence electrons. The minimum atomic E-state index is -0.681. The van der Waals surface area contributed by atoms with E-state index in [4.69, 9.17) is 4.74 Å². The van der Waals surface area contributed by atoms with Crippen molar-refractivity contribution >= 4 is 29.6 Å². The molecule has 0 aliphatic rings. The van der Waals surface area contributed by atoms with Gasteiger partial charge in [-0.1, -0.05) is 69.2 Å². The summed E-state index contributed by atoms with van der Waals surface area (Å²) in [6.07, 6.45) is 0.411. The first-order valence-corrected chi connectivity index (χ1v) is 13.3. The Kier molecular flexibility index (Phi) is 28.0. The van der Waals surface area contributed by atoms with Crippen LogP contribution in [0.5, 0.6) is 0 Å². The summed E-state index contributed by atoms with van der Waals surface area (Å²) < 4.78 is 5.05. The van der Waals surface area contributed by atoms with Gasteiger partial charge in [-0.3, -0.25) is 29.4 Å². The number of benzene rings is 1. The SMILES string of the molecule is CC.CC.CC.CC.CNC(=O)/C(N=Nc1c([N+](=O)[O-])ccc(C(=O)N(C=O)CC(C)C)c1C)=C(\NC)OC. The molecule has 0 heterocycles. The molecule has 0 atom stereocenters. The Bertz CT molecular complexity index is 924. The Morgan fingerprint density at radius 1 is 1.05 bits per heavy atom. The van der Waals surface area contributed by atoms with Gasteiger partial charge in [-0.2, -0.15) is 0 Å². The van der Waals surface area contributed by atoms with E-state index in [1.54, 1.807) is 0 Å². The van der Waals surface area contributed by atoms with Crippen LogP contribution < -0.4 is 10.6 Å². The molecule has 3 amide bonds. The topological polar surface area (TPSA) is 156 Å². The number of hydrogen-bond acceptors (Lipinski definition) is 9. The number of imide groups is 1. The largest absolute Gasteiger partial charge is 0.481 e. The van der Waals surface area contributed by atoms with Crippen molar-refractivity contribution in [3.63, 3.8) is 0 Å². The maximum Gasteiger partial charge on any atom is 0.297 e. The molecule has 12 heteroatoms. The molecule has 0 spiro atoms. The third-order valence-electron chi connectivity index (χ3n) is 4.13. The number of azo groups is 1. The molecule has 0 saturated carbocycles. The van der Waals surface area contributed by atoms with Crippen molar-refractivity contribution in [1.29, 1.82) is 0 Å². The molecule has 1 aromatic carbocycles. The molecular formula is C27H50N6O6. The summed E-state index contributed by atoms with van der Waals surface area (Å²) in [5.74, 6) is -1.26. The van der Waals surface area contributed by atoms with E-state index in [1.807, 2.05) is 69.2 Å². The molecule has 2 N–H and O–H groups in total. The average Bonchev–Trinajstić information content (AvgIpc) is 2.97. The number of ether oxygens (including phenoxy) is 1. The zero-order valence-electron chi connectivity index (χ0n) is 26.3. The molecule has 0 aromatic heterocycles. The number of nitro groups is 1. The number of nitrogens with one attached hydrogen (secondary N) is 2. The maximum absolute atomic E-state index is 12.8. The Morgan fingerprint density at radius 2 is 1.56 bits per heavy atom. The van der Waals surface area contributed by atoms with E-state index in [2.05, 4.69) is 20.9 Å². The van der Waals surface area contributed by atoms with E-state index in [9.17, 15) is 24.5 Å². The number of nitrogens with zero attached hydrogens (tertiary/aromatic N) is 4. The average molecular weight is 555 g/mol. The maximum atomic E-state index is 12.8. The lowest BCUT2D eigenvalue weighted by Crippen LogP contribution is -2.33. The molecule has 12 nitrogen and oxygen atoms in total. The molecule has 0 bridgehead atoms. The van der Waals surface area contributed by atoms with Crippen LogP contribution in [0.15, 0.2) is 33.9 Å². The van der Waals surface area contributed by atoms with Gasteiger partial charge in [0.25, 0.3) is 17.5 Å². The molecule has 39 heavy (non-hydrogen) atoms. The van der Waals surface area contributed by atoms with Gasteiger partial charge in [0.2, 0.25) is 18.0 Å². The second-order valence-corrected chi connectivity index (χ2v) is 6.73. The number of methoxy groups -OCH3 is 1. The number of nitro benzene ring substituents is 1. The summed E-state index contributed by atoms with van der Waals surface area (Å²) in [4.78, 5) is 48.1.